The average Bonchev–Trinajstić information content (AvgIpc) is 2.76. The summed E-state index contributed by atoms with van der Waals surface area (Å²) >= 11 is 1.47. The molecule has 0 aliphatic carbocycles. The van der Waals surface area contributed by atoms with E-state index >= 15 is 0 Å². The molecule has 0 N–H and O–H groups in total. The molecule has 0 saturated carbocycles. The monoisotopic (exact) mass is 416 g/mol. The van der Waals surface area contributed by atoms with Gasteiger partial charge in [0.25, 0.3) is 5.91 Å². The zero-order valence-corrected chi connectivity index (χ0v) is 17.7. The molecule has 1 aromatic rings. The zero-order chi connectivity index (χ0) is 20.4. The van der Waals surface area contributed by atoms with E-state index in [4.69, 9.17) is 0 Å². The van der Waals surface area contributed by atoms with E-state index in [-0.39, 0.29) is 24.3 Å². The molecule has 3 aliphatic heterocycles. The first-order chi connectivity index (χ1) is 14.0. The van der Waals surface area contributed by atoms with E-state index < -0.39 is 0 Å². The maximum Gasteiger partial charge on any atom is 0.253 e. The van der Waals surface area contributed by atoms with E-state index in [9.17, 15) is 14.4 Å². The van der Waals surface area contributed by atoms with Crippen LogP contribution in [0, 0.1) is 0 Å². The number of nitrogens with zero attached hydrogens (tertiary/aromatic N) is 4. The number of amides is 3. The van der Waals surface area contributed by atoms with E-state index in [0.29, 0.717) is 30.1 Å². The lowest BCUT2D eigenvalue weighted by Gasteiger charge is -2.35. The third-order valence-electron chi connectivity index (χ3n) is 5.94. The van der Waals surface area contributed by atoms with Crippen molar-refractivity contribution in [1.29, 1.82) is 0 Å². The summed E-state index contributed by atoms with van der Waals surface area (Å²) < 4.78 is 0. The van der Waals surface area contributed by atoms with Gasteiger partial charge in [-0.2, -0.15) is 0 Å². The van der Waals surface area contributed by atoms with Gasteiger partial charge in [-0.1, -0.05) is 0 Å². The molecule has 2 fully saturated rings. The molecular formula is C21H28N4O3S. The van der Waals surface area contributed by atoms with E-state index in [2.05, 4.69) is 4.90 Å². The Morgan fingerprint density at radius 2 is 1.69 bits per heavy atom. The van der Waals surface area contributed by atoms with Crippen LogP contribution in [-0.2, 0) is 9.59 Å². The Kier molecular flexibility index (Phi) is 6.10. The van der Waals surface area contributed by atoms with Crippen molar-refractivity contribution < 1.29 is 14.4 Å². The van der Waals surface area contributed by atoms with E-state index in [0.717, 1.165) is 43.9 Å². The van der Waals surface area contributed by atoms with E-state index in [1.54, 1.807) is 11.0 Å². The topological polar surface area (TPSA) is 64.2 Å². The molecule has 1 aromatic carbocycles. The molecule has 2 saturated heterocycles. The minimum atomic E-state index is -0.0763. The van der Waals surface area contributed by atoms with Crippen molar-refractivity contribution in [2.75, 3.05) is 63.5 Å². The molecule has 0 radical (unpaired) electrons. The highest BCUT2D eigenvalue weighted by molar-refractivity contribution is 8.00. The number of piperazine rings is 1. The molecule has 0 bridgehead atoms. The summed E-state index contributed by atoms with van der Waals surface area (Å²) in [6, 6.07) is 5.56. The first kappa shape index (κ1) is 20.2. The Hall–Kier alpha value is -2.06. The number of benzene rings is 1. The van der Waals surface area contributed by atoms with Crippen LogP contribution in [-0.4, -0.2) is 91.0 Å². The molecule has 3 amide bonds. The Morgan fingerprint density at radius 1 is 0.966 bits per heavy atom. The van der Waals surface area contributed by atoms with E-state index in [1.807, 2.05) is 29.0 Å². The fourth-order valence-corrected chi connectivity index (χ4v) is 5.00. The number of carbonyl (C=O) groups excluding carboxylic acids is 3. The Morgan fingerprint density at radius 3 is 2.41 bits per heavy atom. The average molecular weight is 417 g/mol. The van der Waals surface area contributed by atoms with Gasteiger partial charge < -0.3 is 19.6 Å². The van der Waals surface area contributed by atoms with Crippen molar-refractivity contribution in [1.82, 2.24) is 14.7 Å². The molecular weight excluding hydrogens is 388 g/mol. The van der Waals surface area contributed by atoms with Crippen LogP contribution < -0.4 is 4.90 Å². The number of piperidine rings is 1. The van der Waals surface area contributed by atoms with Gasteiger partial charge in [0.05, 0.1) is 11.4 Å². The van der Waals surface area contributed by atoms with Crippen molar-refractivity contribution >= 4 is 35.2 Å². The van der Waals surface area contributed by atoms with E-state index in [1.165, 1.54) is 18.2 Å². The van der Waals surface area contributed by atoms with Gasteiger partial charge in [-0.05, 0) is 44.5 Å². The lowest BCUT2D eigenvalue weighted by atomic mass is 10.1. The summed E-state index contributed by atoms with van der Waals surface area (Å²) in [4.78, 5) is 46.8. The number of carbonyl (C=O) groups is 3. The highest BCUT2D eigenvalue weighted by Gasteiger charge is 2.30. The second-order valence-corrected chi connectivity index (χ2v) is 9.01. The Balaban J connectivity index is 1.53. The highest BCUT2D eigenvalue weighted by Crippen LogP contribution is 2.36. The van der Waals surface area contributed by atoms with Crippen LogP contribution in [0.2, 0.25) is 0 Å². The SMILES string of the molecule is CN1CCN(C(=O)CN2C(=O)CSc3ccc(C(=O)N4CCCCC4)cc32)CC1. The number of likely N-dealkylation sites (tertiary alicyclic amines) is 1. The van der Waals surface area contributed by atoms with Crippen LogP contribution in [0.5, 0.6) is 0 Å². The Bertz CT molecular complexity index is 801. The zero-order valence-electron chi connectivity index (χ0n) is 16.9. The molecule has 4 rings (SSSR count). The fourth-order valence-electron chi connectivity index (χ4n) is 4.08. The van der Waals surface area contributed by atoms with Crippen LogP contribution in [0.3, 0.4) is 0 Å². The van der Waals surface area contributed by atoms with Crippen LogP contribution in [0.1, 0.15) is 29.6 Å². The largest absolute Gasteiger partial charge is 0.339 e. The highest BCUT2D eigenvalue weighted by atomic mass is 32.2. The van der Waals surface area contributed by atoms with Crippen molar-refractivity contribution in [2.24, 2.45) is 0 Å². The van der Waals surface area contributed by atoms with Gasteiger partial charge in [-0.3, -0.25) is 14.4 Å². The summed E-state index contributed by atoms with van der Waals surface area (Å²) in [5.41, 5.74) is 1.29. The van der Waals surface area contributed by atoms with Crippen LogP contribution in [0.4, 0.5) is 5.69 Å². The lowest BCUT2D eigenvalue weighted by molar-refractivity contribution is -0.132. The minimum Gasteiger partial charge on any atom is -0.339 e. The molecule has 3 aliphatic rings. The van der Waals surface area contributed by atoms with Gasteiger partial charge in [0.2, 0.25) is 11.8 Å². The third-order valence-corrected chi connectivity index (χ3v) is 6.99. The van der Waals surface area contributed by atoms with Crippen LogP contribution >= 0.6 is 11.8 Å². The molecule has 8 heteroatoms. The van der Waals surface area contributed by atoms with Crippen molar-refractivity contribution in [3.05, 3.63) is 23.8 Å². The quantitative estimate of drug-likeness (QED) is 0.748. The van der Waals surface area contributed by atoms with Crippen LogP contribution in [0.15, 0.2) is 23.1 Å². The lowest BCUT2D eigenvalue weighted by Crippen LogP contribution is -2.51. The number of thioether (sulfide) groups is 1. The number of fused-ring (bicyclic) bond motifs is 1. The molecule has 156 valence electrons. The van der Waals surface area contributed by atoms with Gasteiger partial charge in [-0.25, -0.2) is 0 Å². The van der Waals surface area contributed by atoms with Crippen molar-refractivity contribution in [3.8, 4) is 0 Å². The molecule has 0 spiro atoms. The standard InChI is InChI=1S/C21H28N4O3S/c1-22-9-11-23(12-10-22)19(26)14-25-17-13-16(5-6-18(17)29-15-20(25)27)21(28)24-7-3-2-4-8-24/h5-6,13H,2-4,7-12,14-15H2,1H3. The molecule has 0 atom stereocenters. The maximum atomic E-state index is 12.9. The number of anilines is 1. The Labute approximate surface area is 176 Å². The molecule has 29 heavy (non-hydrogen) atoms. The third kappa shape index (κ3) is 4.43. The van der Waals surface area contributed by atoms with Gasteiger partial charge in [0, 0.05) is 49.7 Å². The predicted octanol–water partition coefficient (Wildman–Crippen LogP) is 1.53. The minimum absolute atomic E-state index is 0.0147. The maximum absolute atomic E-state index is 12.9. The fraction of sp³-hybridized carbons (Fsp3) is 0.571. The summed E-state index contributed by atoms with van der Waals surface area (Å²) in [7, 11) is 2.05. The number of hydrogen-bond acceptors (Lipinski definition) is 5. The number of rotatable bonds is 3. The second-order valence-electron chi connectivity index (χ2n) is 7.99. The molecule has 3 heterocycles. The summed E-state index contributed by atoms with van der Waals surface area (Å²) in [5, 5.41) is 0. The summed E-state index contributed by atoms with van der Waals surface area (Å²) in [5.74, 6) is 0.230. The van der Waals surface area contributed by atoms with Gasteiger partial charge >= 0.3 is 0 Å². The molecule has 0 unspecified atom stereocenters. The van der Waals surface area contributed by atoms with Gasteiger partial charge in [-0.15, -0.1) is 11.8 Å². The van der Waals surface area contributed by atoms with Crippen LogP contribution in [0.25, 0.3) is 0 Å². The normalized spacial score (nSPS) is 20.6. The van der Waals surface area contributed by atoms with Gasteiger partial charge in [0.1, 0.15) is 6.54 Å². The number of likely N-dealkylation sites (N-methyl/N-ethyl adjacent to an activating group) is 1. The smallest absolute Gasteiger partial charge is 0.253 e. The molecule has 0 aromatic heterocycles. The summed E-state index contributed by atoms with van der Waals surface area (Å²) in [6.07, 6.45) is 3.24. The summed E-state index contributed by atoms with van der Waals surface area (Å²) in [6.45, 7) is 4.68. The first-order valence-electron chi connectivity index (χ1n) is 10.4. The number of hydrogen-bond donors (Lipinski definition) is 0. The second kappa shape index (κ2) is 8.75. The van der Waals surface area contributed by atoms with Gasteiger partial charge in [0.15, 0.2) is 0 Å². The van der Waals surface area contributed by atoms with Crippen molar-refractivity contribution in [3.63, 3.8) is 0 Å². The predicted molar refractivity (Wildman–Crippen MR) is 113 cm³/mol. The van der Waals surface area contributed by atoms with Crippen molar-refractivity contribution in [2.45, 2.75) is 24.2 Å². The molecule has 7 nitrogen and oxygen atoms in total. The first-order valence-corrected chi connectivity index (χ1v) is 11.3.